The zero-order valence-electron chi connectivity index (χ0n) is 6.07. The third kappa shape index (κ3) is 2.27. The molecule has 1 heteroatoms. The lowest BCUT2D eigenvalue weighted by Gasteiger charge is -1.97. The third-order valence-electron chi connectivity index (χ3n) is 1.23. The van der Waals surface area contributed by atoms with Crippen LogP contribution in [0, 0.1) is 5.41 Å². The molecule has 0 saturated carbocycles. The van der Waals surface area contributed by atoms with Gasteiger partial charge in [-0.15, -0.1) is 0 Å². The average molecular weight is 123 g/mol. The van der Waals surface area contributed by atoms with Crippen molar-refractivity contribution in [1.29, 1.82) is 5.41 Å². The summed E-state index contributed by atoms with van der Waals surface area (Å²) in [5.41, 5.74) is 1.60. The molecule has 0 bridgehead atoms. The second-order valence-corrected chi connectivity index (χ2v) is 1.78. The molecule has 0 rings (SSSR count). The van der Waals surface area contributed by atoms with Gasteiger partial charge in [-0.2, -0.15) is 0 Å². The van der Waals surface area contributed by atoms with E-state index in [0.29, 0.717) is 5.71 Å². The van der Waals surface area contributed by atoms with E-state index >= 15 is 0 Å². The van der Waals surface area contributed by atoms with Crippen molar-refractivity contribution in [3.63, 3.8) is 0 Å². The molecule has 0 saturated heterocycles. The molecule has 0 aromatic carbocycles. The van der Waals surface area contributed by atoms with Crippen LogP contribution in [0.2, 0.25) is 0 Å². The van der Waals surface area contributed by atoms with E-state index in [0.717, 1.165) is 12.0 Å². The minimum absolute atomic E-state index is 0.660. The van der Waals surface area contributed by atoms with E-state index in [9.17, 15) is 0 Å². The minimum atomic E-state index is 0.660. The summed E-state index contributed by atoms with van der Waals surface area (Å²) in [6, 6.07) is 0. The van der Waals surface area contributed by atoms with Crippen molar-refractivity contribution in [3.8, 4) is 0 Å². The van der Waals surface area contributed by atoms with Crippen LogP contribution in [0.4, 0.5) is 0 Å². The summed E-state index contributed by atoms with van der Waals surface area (Å²) in [4.78, 5) is 0. The average Bonchev–Trinajstić information content (AvgIpc) is 1.90. The molecular weight excluding hydrogens is 110 g/mol. The first-order chi connectivity index (χ1) is 4.26. The minimum Gasteiger partial charge on any atom is -0.305 e. The Labute approximate surface area is 56.6 Å². The number of nitrogens with one attached hydrogen (secondary N) is 1. The predicted octanol–water partition coefficient (Wildman–Crippen LogP) is 2.55. The van der Waals surface area contributed by atoms with Gasteiger partial charge in [0.1, 0.15) is 0 Å². The van der Waals surface area contributed by atoms with Crippen molar-refractivity contribution >= 4 is 5.71 Å². The number of allylic oxidation sites excluding steroid dienone is 3. The van der Waals surface area contributed by atoms with Crippen molar-refractivity contribution in [2.75, 3.05) is 0 Å². The van der Waals surface area contributed by atoms with Crippen LogP contribution in [0.5, 0.6) is 0 Å². The molecule has 0 heterocycles. The molecule has 9 heavy (non-hydrogen) atoms. The summed E-state index contributed by atoms with van der Waals surface area (Å²) in [6.07, 6.45) is 4.40. The first kappa shape index (κ1) is 8.15. The van der Waals surface area contributed by atoms with Gasteiger partial charge >= 0.3 is 0 Å². The largest absolute Gasteiger partial charge is 0.305 e. The van der Waals surface area contributed by atoms with Crippen LogP contribution in [0.3, 0.4) is 0 Å². The fraction of sp³-hybridized carbons (Fsp3) is 0.375. The Morgan fingerprint density at radius 1 is 1.67 bits per heavy atom. The Bertz CT molecular complexity index is 143. The van der Waals surface area contributed by atoms with Gasteiger partial charge in [0.05, 0.1) is 0 Å². The van der Waals surface area contributed by atoms with Crippen molar-refractivity contribution in [2.45, 2.75) is 20.3 Å². The molecule has 0 spiro atoms. The van der Waals surface area contributed by atoms with E-state index in [2.05, 4.69) is 6.58 Å². The summed E-state index contributed by atoms with van der Waals surface area (Å²) < 4.78 is 0. The lowest BCUT2D eigenvalue weighted by atomic mass is 10.1. The van der Waals surface area contributed by atoms with E-state index < -0.39 is 0 Å². The predicted molar refractivity (Wildman–Crippen MR) is 42.0 cm³/mol. The number of hydrogen-bond acceptors (Lipinski definition) is 1. The van der Waals surface area contributed by atoms with Gasteiger partial charge in [0.15, 0.2) is 0 Å². The zero-order chi connectivity index (χ0) is 7.28. The van der Waals surface area contributed by atoms with Crippen LogP contribution in [0.1, 0.15) is 20.3 Å². The third-order valence-corrected chi connectivity index (χ3v) is 1.23. The van der Waals surface area contributed by atoms with Gasteiger partial charge in [-0.3, -0.25) is 0 Å². The maximum Gasteiger partial charge on any atom is 0.0379 e. The van der Waals surface area contributed by atoms with Crippen molar-refractivity contribution < 1.29 is 0 Å². The zero-order valence-corrected chi connectivity index (χ0v) is 6.07. The van der Waals surface area contributed by atoms with Crippen molar-refractivity contribution in [2.24, 2.45) is 0 Å². The van der Waals surface area contributed by atoms with Gasteiger partial charge in [-0.1, -0.05) is 25.7 Å². The molecule has 1 nitrogen and oxygen atoms in total. The van der Waals surface area contributed by atoms with Crippen LogP contribution in [-0.4, -0.2) is 5.71 Å². The first-order valence-electron chi connectivity index (χ1n) is 3.12. The van der Waals surface area contributed by atoms with Gasteiger partial charge in [-0.05, 0) is 18.9 Å². The van der Waals surface area contributed by atoms with Crippen LogP contribution < -0.4 is 0 Å². The molecule has 0 fully saturated rings. The Hall–Kier alpha value is -0.850. The highest BCUT2D eigenvalue weighted by Gasteiger charge is 1.93. The van der Waals surface area contributed by atoms with Gasteiger partial charge < -0.3 is 5.41 Å². The quantitative estimate of drug-likeness (QED) is 0.440. The van der Waals surface area contributed by atoms with E-state index in [1.54, 1.807) is 6.08 Å². The summed E-state index contributed by atoms with van der Waals surface area (Å²) in [6.45, 7) is 7.48. The molecule has 50 valence electrons. The van der Waals surface area contributed by atoms with Gasteiger partial charge in [0, 0.05) is 5.71 Å². The van der Waals surface area contributed by atoms with Crippen molar-refractivity contribution in [1.82, 2.24) is 0 Å². The fourth-order valence-corrected chi connectivity index (χ4v) is 0.619. The Kier molecular flexibility index (Phi) is 3.69. The molecular formula is C8H13N. The molecule has 0 aliphatic carbocycles. The Morgan fingerprint density at radius 2 is 2.22 bits per heavy atom. The van der Waals surface area contributed by atoms with Gasteiger partial charge in [0.25, 0.3) is 0 Å². The molecule has 0 unspecified atom stereocenters. The van der Waals surface area contributed by atoms with E-state index in [-0.39, 0.29) is 0 Å². The highest BCUT2D eigenvalue weighted by atomic mass is 14.4. The second-order valence-electron chi connectivity index (χ2n) is 1.78. The normalized spacial score (nSPS) is 11.1. The maximum absolute atomic E-state index is 7.36. The van der Waals surface area contributed by atoms with Gasteiger partial charge in [-0.25, -0.2) is 0 Å². The van der Waals surface area contributed by atoms with Crippen LogP contribution >= 0.6 is 0 Å². The molecule has 0 aliphatic heterocycles. The molecule has 0 amide bonds. The first-order valence-corrected chi connectivity index (χ1v) is 3.12. The molecule has 0 atom stereocenters. The van der Waals surface area contributed by atoms with Crippen LogP contribution in [0.15, 0.2) is 24.3 Å². The molecule has 0 radical (unpaired) electrons. The maximum atomic E-state index is 7.36. The summed E-state index contributed by atoms with van der Waals surface area (Å²) in [5, 5.41) is 7.36. The standard InChI is InChI=1S/C8H13N/c1-4-7(5-2)8(9)6-3/h4-5,9H,1,6H2,2-3H3/b7-5-,9-8?. The van der Waals surface area contributed by atoms with Gasteiger partial charge in [0.2, 0.25) is 0 Å². The summed E-state index contributed by atoms with van der Waals surface area (Å²) in [7, 11) is 0. The Balaban J connectivity index is 4.14. The van der Waals surface area contributed by atoms with E-state index in [4.69, 9.17) is 5.41 Å². The fourth-order valence-electron chi connectivity index (χ4n) is 0.619. The molecule has 0 aromatic rings. The highest BCUT2D eigenvalue weighted by Crippen LogP contribution is 1.99. The number of rotatable bonds is 3. The van der Waals surface area contributed by atoms with E-state index in [1.165, 1.54) is 0 Å². The van der Waals surface area contributed by atoms with E-state index in [1.807, 2.05) is 19.9 Å². The molecule has 0 aliphatic rings. The van der Waals surface area contributed by atoms with Crippen LogP contribution in [-0.2, 0) is 0 Å². The smallest absolute Gasteiger partial charge is 0.0379 e. The molecule has 0 aromatic heterocycles. The topological polar surface area (TPSA) is 23.9 Å². The highest BCUT2D eigenvalue weighted by molar-refractivity contribution is 5.99. The van der Waals surface area contributed by atoms with Crippen LogP contribution in [0.25, 0.3) is 0 Å². The summed E-state index contributed by atoms with van der Waals surface area (Å²) >= 11 is 0. The second kappa shape index (κ2) is 4.07. The SMILES string of the molecule is C=C/C(=C/C)C(=N)CC. The molecule has 1 N–H and O–H groups in total. The number of hydrogen-bond donors (Lipinski definition) is 1. The lowest BCUT2D eigenvalue weighted by Crippen LogP contribution is -1.94. The monoisotopic (exact) mass is 123 g/mol. The summed E-state index contributed by atoms with van der Waals surface area (Å²) in [5.74, 6) is 0. The Morgan fingerprint density at radius 3 is 2.33 bits per heavy atom. The lowest BCUT2D eigenvalue weighted by molar-refractivity contribution is 1.24. The van der Waals surface area contributed by atoms with Crippen molar-refractivity contribution in [3.05, 3.63) is 24.3 Å².